The highest BCUT2D eigenvalue weighted by Crippen LogP contribution is 2.26. The van der Waals surface area contributed by atoms with E-state index < -0.39 is 10.0 Å². The maximum Gasteiger partial charge on any atom is 0.225 e. The second-order valence-corrected chi connectivity index (χ2v) is 9.24. The zero-order chi connectivity index (χ0) is 16.9. The molecule has 0 aromatic heterocycles. The second-order valence-electron chi connectivity index (χ2n) is 6.98. The van der Waals surface area contributed by atoms with Crippen molar-refractivity contribution in [3.05, 3.63) is 0 Å². The molecule has 0 spiro atoms. The largest absolute Gasteiger partial charge is 0.342 e. The first-order valence-corrected chi connectivity index (χ1v) is 10.9. The molecule has 6 heteroatoms. The SMILES string of the molecule is CCC[C@H]1CCCN(C(=O)C2CCN(S(=O)(=O)CC)CC2)CC1. The minimum Gasteiger partial charge on any atom is -0.342 e. The molecule has 0 saturated carbocycles. The first-order valence-electron chi connectivity index (χ1n) is 9.24. The smallest absolute Gasteiger partial charge is 0.225 e. The minimum absolute atomic E-state index is 0.0148. The predicted molar refractivity (Wildman–Crippen MR) is 92.6 cm³/mol. The zero-order valence-corrected chi connectivity index (χ0v) is 15.5. The van der Waals surface area contributed by atoms with Crippen LogP contribution in [0.25, 0.3) is 0 Å². The molecule has 0 bridgehead atoms. The van der Waals surface area contributed by atoms with Gasteiger partial charge in [-0.2, -0.15) is 0 Å². The second kappa shape index (κ2) is 8.47. The minimum atomic E-state index is -3.11. The molecule has 2 heterocycles. The molecule has 0 radical (unpaired) electrons. The lowest BCUT2D eigenvalue weighted by molar-refractivity contribution is -0.136. The van der Waals surface area contributed by atoms with E-state index in [1.807, 2.05) is 4.90 Å². The third kappa shape index (κ3) is 4.92. The van der Waals surface area contributed by atoms with Gasteiger partial charge in [-0.15, -0.1) is 0 Å². The quantitative estimate of drug-likeness (QED) is 0.770. The van der Waals surface area contributed by atoms with E-state index in [2.05, 4.69) is 6.92 Å². The number of rotatable bonds is 5. The fourth-order valence-electron chi connectivity index (χ4n) is 3.90. The van der Waals surface area contributed by atoms with Crippen LogP contribution in [0.2, 0.25) is 0 Å². The molecular formula is C17H32N2O3S. The lowest BCUT2D eigenvalue weighted by Crippen LogP contribution is -2.45. The fraction of sp³-hybridized carbons (Fsp3) is 0.941. The van der Waals surface area contributed by atoms with Gasteiger partial charge in [0.15, 0.2) is 0 Å². The van der Waals surface area contributed by atoms with Gasteiger partial charge in [0.1, 0.15) is 0 Å². The lowest BCUT2D eigenvalue weighted by atomic mass is 9.95. The molecule has 134 valence electrons. The van der Waals surface area contributed by atoms with Crippen molar-refractivity contribution in [2.24, 2.45) is 11.8 Å². The summed E-state index contributed by atoms with van der Waals surface area (Å²) in [6, 6.07) is 0. The molecule has 23 heavy (non-hydrogen) atoms. The van der Waals surface area contributed by atoms with Gasteiger partial charge in [-0.3, -0.25) is 4.79 Å². The molecular weight excluding hydrogens is 312 g/mol. The highest BCUT2D eigenvalue weighted by Gasteiger charge is 2.32. The van der Waals surface area contributed by atoms with Gasteiger partial charge in [-0.05, 0) is 44.9 Å². The third-order valence-corrected chi connectivity index (χ3v) is 7.30. The number of piperidine rings is 1. The molecule has 2 fully saturated rings. The number of likely N-dealkylation sites (tertiary alicyclic amines) is 1. The molecule has 5 nitrogen and oxygen atoms in total. The van der Waals surface area contributed by atoms with Gasteiger partial charge >= 0.3 is 0 Å². The molecule has 0 aromatic carbocycles. The van der Waals surface area contributed by atoms with Gasteiger partial charge in [-0.1, -0.05) is 19.8 Å². The van der Waals surface area contributed by atoms with Gasteiger partial charge in [0.25, 0.3) is 0 Å². The predicted octanol–water partition coefficient (Wildman–Crippen LogP) is 2.48. The van der Waals surface area contributed by atoms with Crippen LogP contribution in [-0.2, 0) is 14.8 Å². The number of sulfonamides is 1. The Morgan fingerprint density at radius 1 is 1.00 bits per heavy atom. The summed E-state index contributed by atoms with van der Waals surface area (Å²) in [5.41, 5.74) is 0. The average molecular weight is 345 g/mol. The summed E-state index contributed by atoms with van der Waals surface area (Å²) in [7, 11) is -3.11. The van der Waals surface area contributed by atoms with E-state index in [4.69, 9.17) is 0 Å². The summed E-state index contributed by atoms with van der Waals surface area (Å²) in [5.74, 6) is 1.20. The van der Waals surface area contributed by atoms with Gasteiger partial charge in [0, 0.05) is 32.1 Å². The molecule has 1 amide bonds. The zero-order valence-electron chi connectivity index (χ0n) is 14.7. The highest BCUT2D eigenvalue weighted by atomic mass is 32.2. The van der Waals surface area contributed by atoms with E-state index >= 15 is 0 Å². The van der Waals surface area contributed by atoms with Gasteiger partial charge in [0.2, 0.25) is 15.9 Å². The summed E-state index contributed by atoms with van der Waals surface area (Å²) in [5, 5.41) is 0. The first kappa shape index (κ1) is 18.7. The number of carbonyl (C=O) groups excluding carboxylic acids is 1. The standard InChI is InChI=1S/C17H32N2O3S/c1-3-6-15-7-5-11-18(12-8-15)17(20)16-9-13-19(14-10-16)23(21,22)4-2/h15-16H,3-14H2,1-2H3/t15-/m0/s1. The Balaban J connectivity index is 1.85. The van der Waals surface area contributed by atoms with Crippen LogP contribution in [0.4, 0.5) is 0 Å². The maximum atomic E-state index is 12.8. The number of nitrogens with zero attached hydrogens (tertiary/aromatic N) is 2. The Kier molecular flexibility index (Phi) is 6.89. The van der Waals surface area contributed by atoms with Crippen LogP contribution in [0.15, 0.2) is 0 Å². The van der Waals surface area contributed by atoms with E-state index in [0.717, 1.165) is 31.8 Å². The van der Waals surface area contributed by atoms with Gasteiger partial charge < -0.3 is 4.90 Å². The Morgan fingerprint density at radius 3 is 2.30 bits per heavy atom. The Bertz CT molecular complexity index is 484. The number of amides is 1. The van der Waals surface area contributed by atoms with E-state index in [1.165, 1.54) is 19.3 Å². The van der Waals surface area contributed by atoms with Crippen molar-refractivity contribution in [3.8, 4) is 0 Å². The highest BCUT2D eigenvalue weighted by molar-refractivity contribution is 7.89. The van der Waals surface area contributed by atoms with Crippen LogP contribution in [0.1, 0.15) is 58.8 Å². The molecule has 2 aliphatic rings. The van der Waals surface area contributed by atoms with E-state index in [-0.39, 0.29) is 17.6 Å². The Morgan fingerprint density at radius 2 is 1.70 bits per heavy atom. The van der Waals surface area contributed by atoms with Crippen LogP contribution in [-0.4, -0.2) is 55.5 Å². The first-order chi connectivity index (χ1) is 11.0. The van der Waals surface area contributed by atoms with Crippen molar-refractivity contribution in [2.45, 2.75) is 58.8 Å². The van der Waals surface area contributed by atoms with Crippen molar-refractivity contribution in [1.82, 2.24) is 9.21 Å². The third-order valence-electron chi connectivity index (χ3n) is 5.42. The van der Waals surface area contributed by atoms with Crippen LogP contribution in [0.3, 0.4) is 0 Å². The molecule has 2 rings (SSSR count). The van der Waals surface area contributed by atoms with E-state index in [1.54, 1.807) is 11.2 Å². The maximum absolute atomic E-state index is 12.8. The van der Waals surface area contributed by atoms with E-state index in [9.17, 15) is 13.2 Å². The normalized spacial score (nSPS) is 25.3. The van der Waals surface area contributed by atoms with Crippen molar-refractivity contribution in [2.75, 3.05) is 31.9 Å². The van der Waals surface area contributed by atoms with Crippen LogP contribution in [0, 0.1) is 11.8 Å². The summed E-state index contributed by atoms with van der Waals surface area (Å²) < 4.78 is 25.4. The molecule has 0 N–H and O–H groups in total. The van der Waals surface area contributed by atoms with Crippen molar-refractivity contribution in [3.63, 3.8) is 0 Å². The molecule has 0 aromatic rings. The summed E-state index contributed by atoms with van der Waals surface area (Å²) in [6.45, 7) is 6.67. The molecule has 0 unspecified atom stereocenters. The average Bonchev–Trinajstić information content (AvgIpc) is 2.80. The number of hydrogen-bond donors (Lipinski definition) is 0. The molecule has 2 saturated heterocycles. The molecule has 1 atom stereocenters. The number of hydrogen-bond acceptors (Lipinski definition) is 3. The van der Waals surface area contributed by atoms with Crippen molar-refractivity contribution in [1.29, 1.82) is 0 Å². The lowest BCUT2D eigenvalue weighted by Gasteiger charge is -2.33. The van der Waals surface area contributed by atoms with Crippen molar-refractivity contribution >= 4 is 15.9 Å². The molecule has 0 aliphatic carbocycles. The molecule has 2 aliphatic heterocycles. The Hall–Kier alpha value is -0.620. The van der Waals surface area contributed by atoms with E-state index in [0.29, 0.717) is 25.9 Å². The number of carbonyl (C=O) groups is 1. The summed E-state index contributed by atoms with van der Waals surface area (Å²) >= 11 is 0. The van der Waals surface area contributed by atoms with Crippen LogP contribution in [0.5, 0.6) is 0 Å². The van der Waals surface area contributed by atoms with Gasteiger partial charge in [0.05, 0.1) is 5.75 Å². The van der Waals surface area contributed by atoms with Crippen LogP contribution < -0.4 is 0 Å². The van der Waals surface area contributed by atoms with Crippen molar-refractivity contribution < 1.29 is 13.2 Å². The summed E-state index contributed by atoms with van der Waals surface area (Å²) in [6.07, 6.45) is 7.32. The fourth-order valence-corrected chi connectivity index (χ4v) is 5.04. The topological polar surface area (TPSA) is 57.7 Å². The monoisotopic (exact) mass is 344 g/mol. The Labute approximate surface area is 141 Å². The van der Waals surface area contributed by atoms with Crippen LogP contribution >= 0.6 is 0 Å². The van der Waals surface area contributed by atoms with Gasteiger partial charge in [-0.25, -0.2) is 12.7 Å². The summed E-state index contributed by atoms with van der Waals surface area (Å²) in [4.78, 5) is 14.8.